The largest absolute Gasteiger partial charge is 0.419 e. The number of anilines is 1. The molecule has 0 aliphatic rings. The second kappa shape index (κ2) is 11.0. The van der Waals surface area contributed by atoms with Gasteiger partial charge in [-0.2, -0.15) is 18.4 Å². The summed E-state index contributed by atoms with van der Waals surface area (Å²) >= 11 is 0. The molecule has 12 heteroatoms. The SMILES string of the molecule is Cc1ccc(C(=O)Nc2cc(CNC(C)C)c(F)c(C(F)(F)F)c2)cc1-n1cc(-c2cncc(C#N)c2)nn1. The van der Waals surface area contributed by atoms with Gasteiger partial charge in [0.1, 0.15) is 17.6 Å². The van der Waals surface area contributed by atoms with Crippen LogP contribution in [-0.4, -0.2) is 31.9 Å². The second-order valence-electron chi connectivity index (χ2n) is 9.11. The van der Waals surface area contributed by atoms with Crippen molar-refractivity contribution in [1.29, 1.82) is 5.26 Å². The predicted octanol–water partition coefficient (Wildman–Crippen LogP) is 5.42. The average Bonchev–Trinajstić information content (AvgIpc) is 3.38. The first-order valence-corrected chi connectivity index (χ1v) is 11.8. The lowest BCUT2D eigenvalue weighted by Crippen LogP contribution is -2.24. The van der Waals surface area contributed by atoms with E-state index in [4.69, 9.17) is 5.26 Å². The van der Waals surface area contributed by atoms with Crippen molar-refractivity contribution in [1.82, 2.24) is 25.3 Å². The summed E-state index contributed by atoms with van der Waals surface area (Å²) in [5.41, 5.74) is 0.894. The Kier molecular flexibility index (Phi) is 7.73. The van der Waals surface area contributed by atoms with Crippen LogP contribution in [-0.2, 0) is 12.7 Å². The molecule has 0 saturated carbocycles. The number of halogens is 4. The highest BCUT2D eigenvalue weighted by molar-refractivity contribution is 6.04. The maximum absolute atomic E-state index is 14.6. The topological polar surface area (TPSA) is 109 Å². The van der Waals surface area contributed by atoms with Gasteiger partial charge in [0.2, 0.25) is 0 Å². The molecule has 1 amide bonds. The van der Waals surface area contributed by atoms with E-state index in [-0.39, 0.29) is 29.4 Å². The third-order valence-electron chi connectivity index (χ3n) is 5.79. The molecule has 2 N–H and O–H groups in total. The van der Waals surface area contributed by atoms with Gasteiger partial charge in [0, 0.05) is 47.4 Å². The number of amides is 1. The minimum atomic E-state index is -4.94. The number of aryl methyl sites for hydroxylation is 1. The van der Waals surface area contributed by atoms with E-state index in [1.165, 1.54) is 35.3 Å². The molecule has 0 bridgehead atoms. The first-order valence-electron chi connectivity index (χ1n) is 11.8. The van der Waals surface area contributed by atoms with E-state index in [9.17, 15) is 22.4 Å². The molecule has 200 valence electrons. The van der Waals surface area contributed by atoms with Gasteiger partial charge in [-0.1, -0.05) is 25.1 Å². The zero-order chi connectivity index (χ0) is 28.3. The van der Waals surface area contributed by atoms with Crippen molar-refractivity contribution < 1.29 is 22.4 Å². The van der Waals surface area contributed by atoms with Crippen molar-refractivity contribution in [3.8, 4) is 23.0 Å². The van der Waals surface area contributed by atoms with Crippen LogP contribution in [0.2, 0.25) is 0 Å². The molecule has 0 spiro atoms. The highest BCUT2D eigenvalue weighted by atomic mass is 19.4. The van der Waals surface area contributed by atoms with Gasteiger partial charge in [-0.05, 0) is 42.8 Å². The van der Waals surface area contributed by atoms with Gasteiger partial charge in [0.05, 0.1) is 23.0 Å². The molecule has 4 aromatic rings. The van der Waals surface area contributed by atoms with Crippen LogP contribution < -0.4 is 10.6 Å². The third-order valence-corrected chi connectivity index (χ3v) is 5.79. The van der Waals surface area contributed by atoms with Gasteiger partial charge >= 0.3 is 6.18 Å². The van der Waals surface area contributed by atoms with Crippen molar-refractivity contribution in [3.05, 3.63) is 88.6 Å². The molecule has 8 nitrogen and oxygen atoms in total. The Bertz CT molecular complexity index is 1570. The maximum atomic E-state index is 14.6. The fraction of sp³-hybridized carbons (Fsp3) is 0.222. The highest BCUT2D eigenvalue weighted by Crippen LogP contribution is 2.35. The number of hydrogen-bond acceptors (Lipinski definition) is 6. The summed E-state index contributed by atoms with van der Waals surface area (Å²) in [5.74, 6) is -2.08. The van der Waals surface area contributed by atoms with Crippen molar-refractivity contribution >= 4 is 11.6 Å². The molecule has 0 saturated heterocycles. The summed E-state index contributed by atoms with van der Waals surface area (Å²) in [6, 6.07) is 9.98. The summed E-state index contributed by atoms with van der Waals surface area (Å²) in [6.07, 6.45) is -0.384. The molecule has 0 aliphatic carbocycles. The maximum Gasteiger partial charge on any atom is 0.419 e. The zero-order valence-corrected chi connectivity index (χ0v) is 21.1. The highest BCUT2D eigenvalue weighted by Gasteiger charge is 2.35. The van der Waals surface area contributed by atoms with Crippen LogP contribution in [0.1, 0.15) is 46.5 Å². The van der Waals surface area contributed by atoms with E-state index in [1.54, 1.807) is 39.1 Å². The number of nitrogens with zero attached hydrogens (tertiary/aromatic N) is 5. The fourth-order valence-electron chi connectivity index (χ4n) is 3.76. The van der Waals surface area contributed by atoms with Crippen LogP contribution in [0.15, 0.2) is 55.0 Å². The van der Waals surface area contributed by atoms with E-state index in [0.29, 0.717) is 28.6 Å². The van der Waals surface area contributed by atoms with Crippen LogP contribution in [0.5, 0.6) is 0 Å². The molecule has 4 rings (SSSR count). The van der Waals surface area contributed by atoms with Gasteiger partial charge < -0.3 is 10.6 Å². The third kappa shape index (κ3) is 6.27. The Morgan fingerprint density at radius 2 is 1.92 bits per heavy atom. The first kappa shape index (κ1) is 27.4. The molecule has 2 heterocycles. The summed E-state index contributed by atoms with van der Waals surface area (Å²) < 4.78 is 56.6. The normalized spacial score (nSPS) is 11.5. The quantitative estimate of drug-likeness (QED) is 0.305. The lowest BCUT2D eigenvalue weighted by molar-refractivity contribution is -0.140. The number of nitriles is 1. The number of aromatic nitrogens is 4. The van der Waals surface area contributed by atoms with E-state index in [0.717, 1.165) is 5.56 Å². The summed E-state index contributed by atoms with van der Waals surface area (Å²) in [4.78, 5) is 17.1. The second-order valence-corrected chi connectivity index (χ2v) is 9.11. The molecule has 2 aromatic heterocycles. The molecule has 0 radical (unpaired) electrons. The minimum absolute atomic E-state index is 0.0909. The van der Waals surface area contributed by atoms with Crippen LogP contribution in [0.3, 0.4) is 0 Å². The Labute approximate surface area is 221 Å². The number of pyridine rings is 1. The van der Waals surface area contributed by atoms with Crippen LogP contribution >= 0.6 is 0 Å². The summed E-state index contributed by atoms with van der Waals surface area (Å²) in [7, 11) is 0. The van der Waals surface area contributed by atoms with E-state index in [2.05, 4.69) is 25.9 Å². The Hall–Kier alpha value is -4.63. The lowest BCUT2D eigenvalue weighted by Gasteiger charge is -2.16. The van der Waals surface area contributed by atoms with Gasteiger partial charge in [0.25, 0.3) is 5.91 Å². The van der Waals surface area contributed by atoms with Gasteiger partial charge in [0.15, 0.2) is 0 Å². The zero-order valence-electron chi connectivity index (χ0n) is 21.1. The molecule has 2 aromatic carbocycles. The summed E-state index contributed by atoms with van der Waals surface area (Å²) in [5, 5.41) is 22.7. The molecule has 0 fully saturated rings. The standard InChI is InChI=1S/C27H23F4N7O/c1-15(2)34-13-20-7-21(9-22(25(20)28)27(29,30)31)35-26(39)18-5-4-16(3)24(8-18)38-14-23(36-37-38)19-6-17(10-32)11-33-12-19/h4-9,11-12,14-15,34H,13H2,1-3H3,(H,35,39). The van der Waals surface area contributed by atoms with Crippen LogP contribution in [0.4, 0.5) is 23.2 Å². The number of carbonyl (C=O) groups excluding carboxylic acids is 1. The van der Waals surface area contributed by atoms with Crippen molar-refractivity contribution in [3.63, 3.8) is 0 Å². The molecule has 0 aliphatic heterocycles. The number of benzene rings is 2. The van der Waals surface area contributed by atoms with Gasteiger partial charge in [-0.25, -0.2) is 9.07 Å². The Morgan fingerprint density at radius 1 is 1.15 bits per heavy atom. The number of hydrogen-bond donors (Lipinski definition) is 2. The molecule has 0 atom stereocenters. The van der Waals surface area contributed by atoms with Crippen molar-refractivity contribution in [2.24, 2.45) is 0 Å². The molecule has 39 heavy (non-hydrogen) atoms. The number of alkyl halides is 3. The molecular formula is C27H23F4N7O. The predicted molar refractivity (Wildman–Crippen MR) is 135 cm³/mol. The number of rotatable bonds is 7. The van der Waals surface area contributed by atoms with Crippen molar-refractivity contribution in [2.75, 3.05) is 5.32 Å². The Morgan fingerprint density at radius 3 is 2.62 bits per heavy atom. The first-order chi connectivity index (χ1) is 18.5. The van der Waals surface area contributed by atoms with E-state index < -0.39 is 23.5 Å². The number of nitrogens with one attached hydrogen (secondary N) is 2. The van der Waals surface area contributed by atoms with Gasteiger partial charge in [-0.3, -0.25) is 9.78 Å². The minimum Gasteiger partial charge on any atom is -0.322 e. The van der Waals surface area contributed by atoms with Crippen LogP contribution in [0, 0.1) is 24.1 Å². The fourth-order valence-corrected chi connectivity index (χ4v) is 3.76. The molecule has 0 unspecified atom stereocenters. The Balaban J connectivity index is 1.63. The smallest absolute Gasteiger partial charge is 0.322 e. The monoisotopic (exact) mass is 537 g/mol. The number of carbonyl (C=O) groups is 1. The average molecular weight is 538 g/mol. The lowest BCUT2D eigenvalue weighted by atomic mass is 10.1. The summed E-state index contributed by atoms with van der Waals surface area (Å²) in [6.45, 7) is 5.20. The van der Waals surface area contributed by atoms with Gasteiger partial charge in [-0.15, -0.1) is 5.10 Å². The van der Waals surface area contributed by atoms with Crippen LogP contribution in [0.25, 0.3) is 16.9 Å². The molecular weight excluding hydrogens is 514 g/mol. The van der Waals surface area contributed by atoms with E-state index >= 15 is 0 Å². The van der Waals surface area contributed by atoms with E-state index in [1.807, 2.05) is 6.07 Å². The van der Waals surface area contributed by atoms with Crippen molar-refractivity contribution in [2.45, 2.75) is 39.5 Å².